The number of hydrogen-bond acceptors (Lipinski definition) is 0. The van der Waals surface area contributed by atoms with Crippen LogP contribution in [0.25, 0.3) is 0 Å². The minimum atomic E-state index is 1.05. The summed E-state index contributed by atoms with van der Waals surface area (Å²) in [5.41, 5.74) is 8.95. The van der Waals surface area contributed by atoms with Crippen LogP contribution in [-0.4, -0.2) is 0 Å². The Kier molecular flexibility index (Phi) is 5.61. The topological polar surface area (TPSA) is 0 Å². The van der Waals surface area contributed by atoms with Gasteiger partial charge in [-0.25, -0.2) is 0 Å². The van der Waals surface area contributed by atoms with Crippen molar-refractivity contribution in [1.82, 2.24) is 0 Å². The third-order valence-corrected chi connectivity index (χ3v) is 4.45. The predicted molar refractivity (Wildman–Crippen MR) is 93.2 cm³/mol. The summed E-state index contributed by atoms with van der Waals surface area (Å²) in [5, 5.41) is 0. The molecule has 0 heteroatoms. The van der Waals surface area contributed by atoms with Gasteiger partial charge in [-0.15, -0.1) is 0 Å². The molecule has 2 aromatic carbocycles. The summed E-state index contributed by atoms with van der Waals surface area (Å²) in [5.74, 6) is 0. The summed E-state index contributed by atoms with van der Waals surface area (Å²) in [6.07, 6.45) is 5.59. The molecule has 0 bridgehead atoms. The lowest BCUT2D eigenvalue weighted by Gasteiger charge is -2.15. The van der Waals surface area contributed by atoms with E-state index in [1.807, 2.05) is 0 Å². The standard InChI is InChI=1S/C21H28/c1-5-16-9-11-17(12-10-16)13-18-14-19(6-2)21(8-4)20(7-3)15-18/h9-12,14-15H,5-8,13H2,1-4H3. The molecule has 0 spiro atoms. The van der Waals surface area contributed by atoms with Gasteiger partial charge in [0.15, 0.2) is 0 Å². The highest BCUT2D eigenvalue weighted by Crippen LogP contribution is 2.22. The molecule has 0 fully saturated rings. The second kappa shape index (κ2) is 7.45. The van der Waals surface area contributed by atoms with Crippen molar-refractivity contribution in [3.8, 4) is 0 Å². The van der Waals surface area contributed by atoms with Crippen LogP contribution in [0.2, 0.25) is 0 Å². The van der Waals surface area contributed by atoms with Crippen molar-refractivity contribution in [3.05, 3.63) is 69.8 Å². The van der Waals surface area contributed by atoms with Crippen molar-refractivity contribution in [3.63, 3.8) is 0 Å². The zero-order valence-electron chi connectivity index (χ0n) is 14.0. The first-order valence-electron chi connectivity index (χ1n) is 8.43. The zero-order valence-corrected chi connectivity index (χ0v) is 14.0. The maximum atomic E-state index is 2.42. The minimum Gasteiger partial charge on any atom is -0.0613 e. The van der Waals surface area contributed by atoms with Gasteiger partial charge in [0.1, 0.15) is 0 Å². The quantitative estimate of drug-likeness (QED) is 0.653. The summed E-state index contributed by atoms with van der Waals surface area (Å²) >= 11 is 0. The molecule has 0 N–H and O–H groups in total. The van der Waals surface area contributed by atoms with Gasteiger partial charge in [0.05, 0.1) is 0 Å². The molecule has 21 heavy (non-hydrogen) atoms. The second-order valence-corrected chi connectivity index (χ2v) is 5.80. The molecule has 0 saturated heterocycles. The monoisotopic (exact) mass is 280 g/mol. The predicted octanol–water partition coefficient (Wildman–Crippen LogP) is 5.53. The molecule has 0 unspecified atom stereocenters. The van der Waals surface area contributed by atoms with E-state index in [4.69, 9.17) is 0 Å². The molecule has 0 amide bonds. The van der Waals surface area contributed by atoms with E-state index in [2.05, 4.69) is 64.1 Å². The Morgan fingerprint density at radius 1 is 0.571 bits per heavy atom. The van der Waals surface area contributed by atoms with Crippen LogP contribution in [0.3, 0.4) is 0 Å². The molecule has 112 valence electrons. The van der Waals surface area contributed by atoms with Crippen LogP contribution in [0.4, 0.5) is 0 Å². The summed E-state index contributed by atoms with van der Waals surface area (Å²) < 4.78 is 0. The second-order valence-electron chi connectivity index (χ2n) is 5.80. The van der Waals surface area contributed by atoms with Crippen LogP contribution in [0.15, 0.2) is 36.4 Å². The number of rotatable bonds is 6. The van der Waals surface area contributed by atoms with Gasteiger partial charge in [0, 0.05) is 0 Å². The molecule has 0 aliphatic rings. The summed E-state index contributed by atoms with van der Waals surface area (Å²) in [7, 11) is 0. The van der Waals surface area contributed by atoms with E-state index in [1.54, 1.807) is 5.56 Å². The molecule has 0 aliphatic heterocycles. The minimum absolute atomic E-state index is 1.05. The Hall–Kier alpha value is -1.56. The van der Waals surface area contributed by atoms with Gasteiger partial charge in [0.25, 0.3) is 0 Å². The number of hydrogen-bond donors (Lipinski definition) is 0. The van der Waals surface area contributed by atoms with Crippen molar-refractivity contribution in [1.29, 1.82) is 0 Å². The summed E-state index contributed by atoms with van der Waals surface area (Å²) in [6, 6.07) is 13.9. The van der Waals surface area contributed by atoms with Crippen LogP contribution in [0.5, 0.6) is 0 Å². The third kappa shape index (κ3) is 3.75. The molecule has 0 nitrogen and oxygen atoms in total. The fraction of sp³-hybridized carbons (Fsp3) is 0.429. The first-order valence-corrected chi connectivity index (χ1v) is 8.43. The van der Waals surface area contributed by atoms with E-state index in [1.165, 1.54) is 27.8 Å². The molecule has 0 aliphatic carbocycles. The molecular formula is C21H28. The molecule has 0 aromatic heterocycles. The van der Waals surface area contributed by atoms with Crippen molar-refractivity contribution in [2.24, 2.45) is 0 Å². The average Bonchev–Trinajstić information content (AvgIpc) is 2.54. The summed E-state index contributed by atoms with van der Waals surface area (Å²) in [4.78, 5) is 0. The van der Waals surface area contributed by atoms with Crippen LogP contribution >= 0.6 is 0 Å². The van der Waals surface area contributed by atoms with Crippen molar-refractivity contribution in [2.45, 2.75) is 59.8 Å². The fourth-order valence-electron chi connectivity index (χ4n) is 3.19. The van der Waals surface area contributed by atoms with E-state index in [0.717, 1.165) is 32.1 Å². The Balaban J connectivity index is 2.30. The van der Waals surface area contributed by atoms with Gasteiger partial charge < -0.3 is 0 Å². The van der Waals surface area contributed by atoms with Crippen molar-refractivity contribution < 1.29 is 0 Å². The smallest absolute Gasteiger partial charge is 0.00256 e. The van der Waals surface area contributed by atoms with Gasteiger partial charge >= 0.3 is 0 Å². The lowest BCUT2D eigenvalue weighted by atomic mass is 9.91. The first-order chi connectivity index (χ1) is 10.2. The van der Waals surface area contributed by atoms with Crippen LogP contribution in [0.1, 0.15) is 61.1 Å². The highest BCUT2D eigenvalue weighted by molar-refractivity contribution is 5.41. The van der Waals surface area contributed by atoms with Gasteiger partial charge in [-0.1, -0.05) is 64.1 Å². The molecular weight excluding hydrogens is 252 g/mol. The maximum absolute atomic E-state index is 2.42. The first kappa shape index (κ1) is 15.8. The molecule has 0 radical (unpaired) electrons. The Morgan fingerprint density at radius 2 is 1.10 bits per heavy atom. The fourth-order valence-corrected chi connectivity index (χ4v) is 3.19. The average molecular weight is 280 g/mol. The van der Waals surface area contributed by atoms with E-state index in [9.17, 15) is 0 Å². The molecule has 2 aromatic rings. The lowest BCUT2D eigenvalue weighted by Crippen LogP contribution is -2.01. The summed E-state index contributed by atoms with van der Waals surface area (Å²) in [6.45, 7) is 9.03. The van der Waals surface area contributed by atoms with E-state index in [-0.39, 0.29) is 0 Å². The van der Waals surface area contributed by atoms with Crippen LogP contribution < -0.4 is 0 Å². The van der Waals surface area contributed by atoms with Gasteiger partial charge in [0.2, 0.25) is 0 Å². The highest BCUT2D eigenvalue weighted by Gasteiger charge is 2.08. The van der Waals surface area contributed by atoms with E-state index < -0.39 is 0 Å². The van der Waals surface area contributed by atoms with Gasteiger partial charge in [-0.2, -0.15) is 0 Å². The van der Waals surface area contributed by atoms with E-state index in [0.29, 0.717) is 0 Å². The molecule has 0 heterocycles. The van der Waals surface area contributed by atoms with Gasteiger partial charge in [-0.05, 0) is 65.5 Å². The zero-order chi connectivity index (χ0) is 15.2. The Morgan fingerprint density at radius 3 is 1.52 bits per heavy atom. The van der Waals surface area contributed by atoms with E-state index >= 15 is 0 Å². The SMILES string of the molecule is CCc1ccc(Cc2cc(CC)c(CC)c(CC)c2)cc1. The van der Waals surface area contributed by atoms with Gasteiger partial charge in [-0.3, -0.25) is 0 Å². The largest absolute Gasteiger partial charge is 0.0613 e. The number of aryl methyl sites for hydroxylation is 3. The lowest BCUT2D eigenvalue weighted by molar-refractivity contribution is 0.967. The van der Waals surface area contributed by atoms with Crippen molar-refractivity contribution >= 4 is 0 Å². The molecule has 0 saturated carbocycles. The molecule has 2 rings (SSSR count). The highest BCUT2D eigenvalue weighted by atomic mass is 14.1. The van der Waals surface area contributed by atoms with Crippen molar-refractivity contribution in [2.75, 3.05) is 0 Å². The maximum Gasteiger partial charge on any atom is -0.00256 e. The normalized spacial score (nSPS) is 10.9. The third-order valence-electron chi connectivity index (χ3n) is 4.45. The Labute approximate surface area is 130 Å². The van der Waals surface area contributed by atoms with Crippen LogP contribution in [0, 0.1) is 0 Å². The molecule has 0 atom stereocenters. The Bertz CT molecular complexity index is 550. The van der Waals surface area contributed by atoms with Crippen LogP contribution in [-0.2, 0) is 32.1 Å². The number of benzene rings is 2.